The van der Waals surface area contributed by atoms with Crippen LogP contribution in [0, 0.1) is 11.8 Å². The number of esters is 2. The van der Waals surface area contributed by atoms with Gasteiger partial charge in [0.05, 0.1) is 0 Å². The van der Waals surface area contributed by atoms with Crippen LogP contribution in [-0.4, -0.2) is 46.2 Å². The number of carbonyl (C=O) groups excluding carboxylic acids is 4. The van der Waals surface area contributed by atoms with Gasteiger partial charge in [-0.2, -0.15) is 0 Å². The zero-order valence-electron chi connectivity index (χ0n) is 20.8. The lowest BCUT2D eigenvalue weighted by molar-refractivity contribution is -0.202. The summed E-state index contributed by atoms with van der Waals surface area (Å²) in [5.74, 6) is -5.63. The zero-order chi connectivity index (χ0) is 27.5. The van der Waals surface area contributed by atoms with Gasteiger partial charge in [0, 0.05) is 23.0 Å². The summed E-state index contributed by atoms with van der Waals surface area (Å²) >= 11 is 0. The van der Waals surface area contributed by atoms with Crippen LogP contribution in [0.4, 0.5) is 0 Å². The first-order valence-corrected chi connectivity index (χ1v) is 12.7. The molecule has 4 unspecified atom stereocenters. The van der Waals surface area contributed by atoms with Crippen LogP contribution in [0.1, 0.15) is 49.7 Å². The van der Waals surface area contributed by atoms with Gasteiger partial charge in [-0.3, -0.25) is 9.59 Å². The highest BCUT2D eigenvalue weighted by molar-refractivity contribution is 5.93. The van der Waals surface area contributed by atoms with Gasteiger partial charge in [0.15, 0.2) is 12.2 Å². The number of nitrogens with two attached hydrogens (primary N) is 2. The van der Waals surface area contributed by atoms with Crippen molar-refractivity contribution in [2.75, 3.05) is 0 Å². The molecule has 2 amide bonds. The lowest BCUT2D eigenvalue weighted by atomic mass is 9.69. The molecule has 38 heavy (non-hydrogen) atoms. The first-order valence-electron chi connectivity index (χ1n) is 12.7. The van der Waals surface area contributed by atoms with Crippen LogP contribution < -0.4 is 11.5 Å². The van der Waals surface area contributed by atoms with E-state index in [0.717, 1.165) is 12.8 Å². The van der Waals surface area contributed by atoms with E-state index in [-0.39, 0.29) is 0 Å². The molecule has 2 aliphatic carbocycles. The third-order valence-electron chi connectivity index (χ3n) is 7.80. The number of rotatable bonds is 11. The van der Waals surface area contributed by atoms with Gasteiger partial charge in [-0.05, 0) is 25.7 Å². The molecule has 0 aliphatic heterocycles. The van der Waals surface area contributed by atoms with E-state index in [1.165, 1.54) is 0 Å². The number of primary amides is 2. The number of aliphatic hydroxyl groups excluding tert-OH is 2. The summed E-state index contributed by atoms with van der Waals surface area (Å²) in [5.41, 5.74) is 8.31. The Hall–Kier alpha value is -3.76. The number of ether oxygens (including phenoxy) is 2. The van der Waals surface area contributed by atoms with Crippen molar-refractivity contribution in [2.24, 2.45) is 23.3 Å². The summed E-state index contributed by atoms with van der Waals surface area (Å²) < 4.78 is 11.1. The molecule has 2 fully saturated rings. The van der Waals surface area contributed by atoms with Gasteiger partial charge in [-0.25, -0.2) is 9.59 Å². The van der Waals surface area contributed by atoms with Gasteiger partial charge in [0.25, 0.3) is 11.8 Å². The molecule has 2 aliphatic rings. The van der Waals surface area contributed by atoms with E-state index in [0.29, 0.717) is 36.8 Å². The molecule has 4 rings (SSSR count). The second-order valence-corrected chi connectivity index (χ2v) is 9.92. The Bertz CT molecular complexity index is 1090. The zero-order valence-corrected chi connectivity index (χ0v) is 20.8. The number of hydrogen-bond donors (Lipinski definition) is 4. The number of hydrogen-bond acceptors (Lipinski definition) is 8. The molecule has 4 atom stereocenters. The van der Waals surface area contributed by atoms with Crippen LogP contribution in [0.5, 0.6) is 0 Å². The Labute approximate surface area is 219 Å². The average Bonchev–Trinajstić information content (AvgIpc) is 2.85. The first kappa shape index (κ1) is 27.3. The molecular weight excluding hydrogens is 492 g/mol. The third kappa shape index (κ3) is 4.65. The Morgan fingerprint density at radius 3 is 1.21 bits per heavy atom. The summed E-state index contributed by atoms with van der Waals surface area (Å²) in [7, 11) is 0. The van der Waals surface area contributed by atoms with Gasteiger partial charge in [0.1, 0.15) is 0 Å². The van der Waals surface area contributed by atoms with E-state index in [2.05, 4.69) is 0 Å². The predicted octanol–water partition coefficient (Wildman–Crippen LogP) is 1.16. The van der Waals surface area contributed by atoms with Crippen molar-refractivity contribution in [3.63, 3.8) is 0 Å². The van der Waals surface area contributed by atoms with Crippen molar-refractivity contribution < 1.29 is 38.9 Å². The van der Waals surface area contributed by atoms with E-state index in [4.69, 9.17) is 20.9 Å². The van der Waals surface area contributed by atoms with Crippen LogP contribution in [0.2, 0.25) is 0 Å². The number of benzene rings is 2. The molecule has 6 N–H and O–H groups in total. The second kappa shape index (κ2) is 10.9. The van der Waals surface area contributed by atoms with Crippen molar-refractivity contribution in [1.29, 1.82) is 0 Å². The fourth-order valence-electron chi connectivity index (χ4n) is 5.24. The average molecular weight is 525 g/mol. The molecule has 2 aromatic carbocycles. The lowest BCUT2D eigenvalue weighted by Crippen LogP contribution is -2.57. The molecule has 0 radical (unpaired) electrons. The molecule has 10 heteroatoms. The number of aliphatic hydroxyl groups is 2. The minimum atomic E-state index is -2.42. The maximum Gasteiger partial charge on any atom is 0.339 e. The Balaban J connectivity index is 1.58. The second-order valence-electron chi connectivity index (χ2n) is 9.92. The quantitative estimate of drug-likeness (QED) is 0.316. The molecule has 0 heterocycles. The van der Waals surface area contributed by atoms with Gasteiger partial charge >= 0.3 is 11.9 Å². The molecule has 10 nitrogen and oxygen atoms in total. The molecule has 0 aromatic heterocycles. The summed E-state index contributed by atoms with van der Waals surface area (Å²) in [6, 6.07) is 16.3. The maximum atomic E-state index is 13.1. The number of amides is 2. The fourth-order valence-corrected chi connectivity index (χ4v) is 5.24. The Morgan fingerprint density at radius 1 is 0.658 bits per heavy atom. The summed E-state index contributed by atoms with van der Waals surface area (Å²) in [5, 5.41) is 21.3. The largest absolute Gasteiger partial charge is 0.442 e. The SMILES string of the molecule is NC(=O)C(OC(=O)C(O)C(O)C(=O)OC(C(N)=O)(c1ccccc1)C1CCC1)(c1ccccc1)C1CCC1. The first-order chi connectivity index (χ1) is 18.1. The topological polar surface area (TPSA) is 179 Å². The third-order valence-corrected chi connectivity index (χ3v) is 7.80. The fraction of sp³-hybridized carbons (Fsp3) is 0.429. The summed E-state index contributed by atoms with van der Waals surface area (Å²) in [6.07, 6.45) is -1.08. The van der Waals surface area contributed by atoms with E-state index < -0.39 is 59.0 Å². The van der Waals surface area contributed by atoms with Crippen LogP contribution in [0.25, 0.3) is 0 Å². The standard InChI is InChI=1S/C28H32N2O8/c29-25(35)27(19-13-7-14-19,17-9-3-1-4-10-17)37-23(33)21(31)22(32)24(34)38-28(26(30)36,20-15-8-16-20)18-11-5-2-6-12-18/h1-6,9-12,19-22,31-32H,7-8,13-16H2,(H2,29,35)(H2,30,36). The highest BCUT2D eigenvalue weighted by Gasteiger charge is 2.55. The normalized spacial score (nSPS) is 20.4. The van der Waals surface area contributed by atoms with Crippen LogP contribution in [0.3, 0.4) is 0 Å². The molecular formula is C28H32N2O8. The van der Waals surface area contributed by atoms with Crippen LogP contribution in [-0.2, 0) is 39.9 Å². The predicted molar refractivity (Wildman–Crippen MR) is 134 cm³/mol. The molecule has 0 spiro atoms. The smallest absolute Gasteiger partial charge is 0.339 e. The highest BCUT2D eigenvalue weighted by Crippen LogP contribution is 2.47. The van der Waals surface area contributed by atoms with Gasteiger partial charge in [-0.1, -0.05) is 73.5 Å². The molecule has 0 bridgehead atoms. The minimum Gasteiger partial charge on any atom is -0.442 e. The molecule has 0 saturated heterocycles. The van der Waals surface area contributed by atoms with Gasteiger partial charge in [0.2, 0.25) is 11.2 Å². The van der Waals surface area contributed by atoms with Crippen molar-refractivity contribution in [2.45, 2.75) is 61.9 Å². The Kier molecular flexibility index (Phi) is 7.84. The summed E-state index contributed by atoms with van der Waals surface area (Å²) in [4.78, 5) is 51.5. The van der Waals surface area contributed by atoms with Crippen LogP contribution in [0.15, 0.2) is 60.7 Å². The van der Waals surface area contributed by atoms with E-state index in [1.54, 1.807) is 60.7 Å². The molecule has 202 valence electrons. The molecule has 2 aromatic rings. The Morgan fingerprint density at radius 2 is 0.974 bits per heavy atom. The van der Waals surface area contributed by atoms with E-state index >= 15 is 0 Å². The monoisotopic (exact) mass is 524 g/mol. The van der Waals surface area contributed by atoms with Gasteiger partial charge in [-0.15, -0.1) is 0 Å². The van der Waals surface area contributed by atoms with Crippen molar-refractivity contribution in [3.8, 4) is 0 Å². The molecule has 2 saturated carbocycles. The highest BCUT2D eigenvalue weighted by atomic mass is 16.6. The van der Waals surface area contributed by atoms with Crippen molar-refractivity contribution in [1.82, 2.24) is 0 Å². The lowest BCUT2D eigenvalue weighted by Gasteiger charge is -2.43. The summed E-state index contributed by atoms with van der Waals surface area (Å²) in [6.45, 7) is 0. The van der Waals surface area contributed by atoms with Crippen LogP contribution >= 0.6 is 0 Å². The number of carbonyl (C=O) groups is 4. The van der Waals surface area contributed by atoms with Crippen molar-refractivity contribution in [3.05, 3.63) is 71.8 Å². The van der Waals surface area contributed by atoms with Gasteiger partial charge < -0.3 is 31.2 Å². The van der Waals surface area contributed by atoms with E-state index in [1.807, 2.05) is 0 Å². The van der Waals surface area contributed by atoms with Crippen molar-refractivity contribution >= 4 is 23.8 Å². The maximum absolute atomic E-state index is 13.1. The van der Waals surface area contributed by atoms with E-state index in [9.17, 15) is 29.4 Å². The minimum absolute atomic E-state index is 0.316.